The van der Waals surface area contributed by atoms with Crippen LogP contribution in [0, 0.1) is 5.92 Å². The number of likely N-dealkylation sites (tertiary alicyclic amines) is 1. The van der Waals surface area contributed by atoms with Crippen molar-refractivity contribution < 1.29 is 45.2 Å². The minimum Gasteiger partial charge on any atom is -0.504 e. The zero-order valence-corrected chi connectivity index (χ0v) is 18.1. The number of ether oxygens (including phenoxy) is 2. The van der Waals surface area contributed by atoms with E-state index in [2.05, 4.69) is 4.90 Å². The Morgan fingerprint density at radius 2 is 1.91 bits per heavy atom. The molecule has 2 bridgehead atoms. The van der Waals surface area contributed by atoms with E-state index >= 15 is 0 Å². The Balaban J connectivity index is 1.62. The second-order valence-corrected chi connectivity index (χ2v) is 10.1. The molecule has 1 aromatic carbocycles. The highest BCUT2D eigenvalue weighted by Gasteiger charge is 2.66. The Morgan fingerprint density at radius 3 is 2.64 bits per heavy atom. The first kappa shape index (κ1) is 21.8. The van der Waals surface area contributed by atoms with Gasteiger partial charge in [-0.3, -0.25) is 0 Å². The topological polar surface area (TPSA) is 163 Å². The second kappa shape index (κ2) is 6.89. The molecule has 0 amide bonds. The Kier molecular flexibility index (Phi) is 4.54. The summed E-state index contributed by atoms with van der Waals surface area (Å²) in [6.45, 7) is 0.0547. The van der Waals surface area contributed by atoms with Gasteiger partial charge in [0, 0.05) is 22.9 Å². The lowest BCUT2D eigenvalue weighted by molar-refractivity contribution is -0.326. The largest absolute Gasteiger partial charge is 0.504 e. The Labute approximate surface area is 189 Å². The van der Waals surface area contributed by atoms with E-state index in [9.17, 15) is 35.7 Å². The first-order valence-electron chi connectivity index (χ1n) is 11.3. The fourth-order valence-corrected chi connectivity index (χ4v) is 7.15. The van der Waals surface area contributed by atoms with Gasteiger partial charge in [0.2, 0.25) is 0 Å². The van der Waals surface area contributed by atoms with E-state index in [0.29, 0.717) is 24.0 Å². The lowest BCUT2D eigenvalue weighted by atomic mass is 9.52. The SMILES string of the molecule is CN1CC[C@]23c4c5c([C@@]6(O)[C@@H](O)[C@H](O)O[C@H](CO)[C@@H]6O)cc(O)c4O[C@H]2[C@@H](O)C=C[C@H]3[C@H]1C5. The molecule has 10 nitrogen and oxygen atoms in total. The van der Waals surface area contributed by atoms with Crippen LogP contribution in [0.4, 0.5) is 0 Å². The molecule has 5 aliphatic rings. The molecule has 2 fully saturated rings. The zero-order valence-electron chi connectivity index (χ0n) is 18.1. The molecule has 0 unspecified atom stereocenters. The third-order valence-electron chi connectivity index (χ3n) is 8.73. The molecule has 1 spiro atoms. The van der Waals surface area contributed by atoms with E-state index in [1.165, 1.54) is 6.07 Å². The standard InChI is InChI=1S/C23H29NO9/c1-24-5-4-22-10-2-3-13(26)20(22)33-17-14(27)7-11(9(16(17)22)6-12(10)24)23(31)18(28)15(8-25)32-21(30)19(23)29/h2-3,7,10,12-13,15,18-21,25-31H,4-6,8H2,1H3/t10-,12+,13-,15+,18-,19-,20-,21+,22-,23-/m0/s1. The van der Waals surface area contributed by atoms with Crippen LogP contribution in [0.25, 0.3) is 0 Å². The molecule has 7 N–H and O–H groups in total. The van der Waals surface area contributed by atoms with E-state index in [1.54, 1.807) is 6.08 Å². The van der Waals surface area contributed by atoms with Gasteiger partial charge in [0.25, 0.3) is 0 Å². The number of benzene rings is 1. The fraction of sp³-hybridized carbons (Fsp3) is 0.652. The highest BCUT2D eigenvalue weighted by molar-refractivity contribution is 5.65. The summed E-state index contributed by atoms with van der Waals surface area (Å²) in [5, 5.41) is 75.1. The van der Waals surface area contributed by atoms with Gasteiger partial charge in [-0.1, -0.05) is 12.2 Å². The van der Waals surface area contributed by atoms with E-state index in [4.69, 9.17) is 9.47 Å². The van der Waals surface area contributed by atoms with Crippen LogP contribution in [0.2, 0.25) is 0 Å². The Bertz CT molecular complexity index is 1030. The minimum atomic E-state index is -2.43. The number of rotatable bonds is 2. The maximum atomic E-state index is 11.7. The fourth-order valence-electron chi connectivity index (χ4n) is 7.15. The van der Waals surface area contributed by atoms with Gasteiger partial charge in [0.15, 0.2) is 17.8 Å². The Morgan fingerprint density at radius 1 is 1.15 bits per heavy atom. The van der Waals surface area contributed by atoms with E-state index in [-0.39, 0.29) is 29.0 Å². The molecule has 1 aromatic rings. The maximum Gasteiger partial charge on any atom is 0.184 e. The number of likely N-dealkylation sites (N-methyl/N-ethyl adjacent to an activating group) is 1. The number of hydrogen-bond acceptors (Lipinski definition) is 10. The van der Waals surface area contributed by atoms with Crippen molar-refractivity contribution in [1.82, 2.24) is 4.90 Å². The quantitative estimate of drug-likeness (QED) is 0.240. The Hall–Kier alpha value is -1.76. The second-order valence-electron chi connectivity index (χ2n) is 10.1. The molecule has 6 rings (SSSR count). The van der Waals surface area contributed by atoms with Crippen LogP contribution < -0.4 is 4.74 Å². The molecule has 0 radical (unpaired) electrons. The third-order valence-corrected chi connectivity index (χ3v) is 8.73. The lowest BCUT2D eigenvalue weighted by Crippen LogP contribution is -2.67. The van der Waals surface area contributed by atoms with Gasteiger partial charge in [-0.15, -0.1) is 0 Å². The normalized spacial score (nSPS) is 47.8. The molecular formula is C23H29NO9. The van der Waals surface area contributed by atoms with Gasteiger partial charge >= 0.3 is 0 Å². The van der Waals surface area contributed by atoms with Crippen LogP contribution >= 0.6 is 0 Å². The van der Waals surface area contributed by atoms with Crippen molar-refractivity contribution in [1.29, 1.82) is 0 Å². The predicted molar refractivity (Wildman–Crippen MR) is 111 cm³/mol. The molecule has 33 heavy (non-hydrogen) atoms. The van der Waals surface area contributed by atoms with Crippen molar-refractivity contribution in [2.45, 2.75) is 66.7 Å². The van der Waals surface area contributed by atoms with Crippen LogP contribution in [0.1, 0.15) is 23.1 Å². The molecule has 0 saturated carbocycles. The van der Waals surface area contributed by atoms with E-state index < -0.39 is 54.4 Å². The van der Waals surface area contributed by atoms with Crippen LogP contribution in [0.5, 0.6) is 11.5 Å². The highest BCUT2D eigenvalue weighted by atomic mass is 16.6. The summed E-state index contributed by atoms with van der Waals surface area (Å²) < 4.78 is 11.2. The van der Waals surface area contributed by atoms with Gasteiger partial charge < -0.3 is 50.1 Å². The molecule has 0 aromatic heterocycles. The summed E-state index contributed by atoms with van der Waals surface area (Å²) in [6.07, 6.45) is -3.61. The number of nitrogens with zero attached hydrogens (tertiary/aromatic N) is 1. The van der Waals surface area contributed by atoms with Gasteiger partial charge in [-0.2, -0.15) is 0 Å². The van der Waals surface area contributed by atoms with Gasteiger partial charge in [0.05, 0.1) is 6.61 Å². The lowest BCUT2D eigenvalue weighted by Gasteiger charge is -2.57. The van der Waals surface area contributed by atoms with E-state index in [0.717, 1.165) is 6.54 Å². The molecular weight excluding hydrogens is 434 g/mol. The number of phenolic OH excluding ortho intramolecular Hbond substituents is 1. The van der Waals surface area contributed by atoms with Crippen molar-refractivity contribution >= 4 is 0 Å². The summed E-state index contributed by atoms with van der Waals surface area (Å²) in [4.78, 5) is 2.21. The minimum absolute atomic E-state index is 0.00279. The van der Waals surface area contributed by atoms with Crippen molar-refractivity contribution in [3.8, 4) is 11.5 Å². The average molecular weight is 463 g/mol. The van der Waals surface area contributed by atoms with E-state index in [1.807, 2.05) is 13.1 Å². The van der Waals surface area contributed by atoms with Crippen molar-refractivity contribution in [2.24, 2.45) is 5.92 Å². The summed E-state index contributed by atoms with van der Waals surface area (Å²) in [7, 11) is 2.01. The molecule has 180 valence electrons. The molecule has 2 aliphatic carbocycles. The van der Waals surface area contributed by atoms with Gasteiger partial charge in [0.1, 0.15) is 36.1 Å². The van der Waals surface area contributed by atoms with Crippen molar-refractivity contribution in [2.75, 3.05) is 20.2 Å². The van der Waals surface area contributed by atoms with Crippen molar-refractivity contribution in [3.63, 3.8) is 0 Å². The average Bonchev–Trinajstić information content (AvgIpc) is 3.15. The van der Waals surface area contributed by atoms with Crippen LogP contribution in [-0.4, -0.2) is 104 Å². The first-order chi connectivity index (χ1) is 15.7. The molecule has 3 aliphatic heterocycles. The first-order valence-corrected chi connectivity index (χ1v) is 11.3. The maximum absolute atomic E-state index is 11.7. The predicted octanol–water partition coefficient (Wildman–Crippen LogP) is -2.18. The van der Waals surface area contributed by atoms with Crippen molar-refractivity contribution in [3.05, 3.63) is 34.9 Å². The van der Waals surface area contributed by atoms with Gasteiger partial charge in [-0.05, 0) is 43.6 Å². The summed E-state index contributed by atoms with van der Waals surface area (Å²) in [6, 6.07) is 1.24. The number of aliphatic hydroxyl groups excluding tert-OH is 5. The van der Waals surface area contributed by atoms with Gasteiger partial charge in [-0.25, -0.2) is 0 Å². The molecule has 2 saturated heterocycles. The zero-order chi connectivity index (χ0) is 23.4. The highest BCUT2D eigenvalue weighted by Crippen LogP contribution is 2.64. The summed E-state index contributed by atoms with van der Waals surface area (Å²) in [5.41, 5.74) is -1.73. The molecule has 3 heterocycles. The number of aliphatic hydroxyl groups is 6. The third kappa shape index (κ3) is 2.45. The monoisotopic (exact) mass is 463 g/mol. The molecule has 10 atom stereocenters. The van der Waals surface area contributed by atoms with Crippen LogP contribution in [-0.2, 0) is 22.2 Å². The summed E-state index contributed by atoms with van der Waals surface area (Å²) in [5.74, 6) is -0.0402. The van der Waals surface area contributed by atoms with Crippen LogP contribution in [0.3, 0.4) is 0 Å². The number of phenols is 1. The summed E-state index contributed by atoms with van der Waals surface area (Å²) >= 11 is 0. The smallest absolute Gasteiger partial charge is 0.184 e. The number of hydrogen-bond donors (Lipinski definition) is 7. The molecule has 10 heteroatoms. The van der Waals surface area contributed by atoms with Crippen LogP contribution in [0.15, 0.2) is 18.2 Å². The number of piperidine rings is 1. The number of aromatic hydroxyl groups is 1.